The number of hydrogen-bond acceptors (Lipinski definition) is 5. The van der Waals surface area contributed by atoms with Crippen LogP contribution in [0.1, 0.15) is 55.8 Å². The summed E-state index contributed by atoms with van der Waals surface area (Å²) in [6, 6.07) is 6.91. The first kappa shape index (κ1) is 20.4. The highest BCUT2D eigenvalue weighted by molar-refractivity contribution is 6.15. The number of piperidine rings is 1. The molecular weight excluding hydrogens is 386 g/mol. The summed E-state index contributed by atoms with van der Waals surface area (Å²) >= 11 is 0. The Morgan fingerprint density at radius 1 is 1.20 bits per heavy atom. The number of anilines is 1. The fourth-order valence-electron chi connectivity index (χ4n) is 4.97. The molecular formula is C22H27N3O5. The number of rotatable bonds is 4. The summed E-state index contributed by atoms with van der Waals surface area (Å²) in [6.45, 7) is 2.32. The van der Waals surface area contributed by atoms with E-state index in [-0.39, 0.29) is 43.2 Å². The number of amides is 3. The van der Waals surface area contributed by atoms with Gasteiger partial charge in [0.2, 0.25) is 11.6 Å². The number of likely N-dealkylation sites (N-methyl/N-ethyl adjacent to an activating group) is 1. The van der Waals surface area contributed by atoms with Gasteiger partial charge in [0.1, 0.15) is 0 Å². The average molecular weight is 413 g/mol. The fraction of sp³-hybridized carbons (Fsp3) is 0.545. The molecule has 0 aromatic heterocycles. The number of hydrogen-bond donors (Lipinski definition) is 0. The number of nitrogens with zero attached hydrogens (tertiary/aromatic N) is 3. The van der Waals surface area contributed by atoms with Crippen LogP contribution in [0.2, 0.25) is 0 Å². The second-order valence-electron chi connectivity index (χ2n) is 8.15. The lowest BCUT2D eigenvalue weighted by Gasteiger charge is -2.46. The Morgan fingerprint density at radius 2 is 1.97 bits per heavy atom. The molecule has 8 heteroatoms. The molecule has 2 saturated heterocycles. The molecule has 2 atom stereocenters. The summed E-state index contributed by atoms with van der Waals surface area (Å²) in [4.78, 5) is 56.1. The van der Waals surface area contributed by atoms with Gasteiger partial charge < -0.3 is 14.5 Å². The van der Waals surface area contributed by atoms with Gasteiger partial charge in [-0.1, -0.05) is 19.1 Å². The standard InChI is InChI=1S/C22H27N3O5/c1-3-15-8-6-7-13-24(15)19(27)14-30-21(29)22-12-11-18(26)25(22)17-10-5-4-9-16(17)20(28)23(22)2/h4-5,9-10,15H,3,6-8,11-14H2,1-2H3/t15-,22-/m0/s1. The van der Waals surface area contributed by atoms with Crippen molar-refractivity contribution in [1.82, 2.24) is 9.80 Å². The van der Waals surface area contributed by atoms with Crippen molar-refractivity contribution in [2.24, 2.45) is 0 Å². The lowest BCUT2D eigenvalue weighted by atomic mass is 9.97. The molecule has 1 aromatic carbocycles. The second-order valence-corrected chi connectivity index (χ2v) is 8.15. The third-order valence-electron chi connectivity index (χ3n) is 6.61. The molecule has 2 fully saturated rings. The van der Waals surface area contributed by atoms with E-state index >= 15 is 0 Å². The zero-order chi connectivity index (χ0) is 21.5. The first-order valence-corrected chi connectivity index (χ1v) is 10.6. The van der Waals surface area contributed by atoms with E-state index in [9.17, 15) is 19.2 Å². The van der Waals surface area contributed by atoms with Crippen molar-refractivity contribution in [3.8, 4) is 0 Å². The monoisotopic (exact) mass is 413 g/mol. The van der Waals surface area contributed by atoms with Crippen LogP contribution in [0.15, 0.2) is 24.3 Å². The molecule has 30 heavy (non-hydrogen) atoms. The average Bonchev–Trinajstić information content (AvgIpc) is 3.14. The number of benzene rings is 1. The minimum absolute atomic E-state index is 0.124. The first-order chi connectivity index (χ1) is 14.4. The second kappa shape index (κ2) is 7.74. The SMILES string of the molecule is CC[C@H]1CCCCN1C(=O)COC(=O)[C@]12CCC(=O)N1c1ccccc1C(=O)N2C. The van der Waals surface area contributed by atoms with Crippen LogP contribution in [0.25, 0.3) is 0 Å². The van der Waals surface area contributed by atoms with Crippen LogP contribution >= 0.6 is 0 Å². The Labute approximate surface area is 175 Å². The van der Waals surface area contributed by atoms with E-state index in [4.69, 9.17) is 4.74 Å². The van der Waals surface area contributed by atoms with E-state index in [0.717, 1.165) is 25.7 Å². The topological polar surface area (TPSA) is 87.2 Å². The van der Waals surface area contributed by atoms with Crippen LogP contribution in [0, 0.1) is 0 Å². The predicted octanol–water partition coefficient (Wildman–Crippen LogP) is 1.93. The van der Waals surface area contributed by atoms with Crippen LogP contribution in [-0.2, 0) is 19.1 Å². The third-order valence-corrected chi connectivity index (χ3v) is 6.61. The van der Waals surface area contributed by atoms with E-state index in [2.05, 4.69) is 0 Å². The Morgan fingerprint density at radius 3 is 2.73 bits per heavy atom. The van der Waals surface area contributed by atoms with Gasteiger partial charge in [-0.2, -0.15) is 0 Å². The van der Waals surface area contributed by atoms with E-state index < -0.39 is 11.6 Å². The number of carbonyl (C=O) groups is 4. The lowest BCUT2D eigenvalue weighted by Crippen LogP contribution is -2.67. The van der Waals surface area contributed by atoms with Crippen molar-refractivity contribution < 1.29 is 23.9 Å². The third kappa shape index (κ3) is 2.97. The Hall–Kier alpha value is -2.90. The number of esters is 1. The number of para-hydroxylation sites is 1. The zero-order valence-corrected chi connectivity index (χ0v) is 17.4. The predicted molar refractivity (Wildman–Crippen MR) is 109 cm³/mol. The molecule has 3 aliphatic rings. The minimum atomic E-state index is -1.55. The van der Waals surface area contributed by atoms with E-state index in [1.54, 1.807) is 29.2 Å². The van der Waals surface area contributed by atoms with Crippen molar-refractivity contribution in [3.63, 3.8) is 0 Å². The van der Waals surface area contributed by atoms with E-state index in [0.29, 0.717) is 17.8 Å². The normalized spacial score (nSPS) is 25.8. The molecule has 4 rings (SSSR count). The molecule has 0 bridgehead atoms. The van der Waals surface area contributed by atoms with Gasteiger partial charge in [-0.05, 0) is 37.8 Å². The quantitative estimate of drug-likeness (QED) is 0.704. The number of fused-ring (bicyclic) bond motifs is 3. The molecule has 1 aromatic rings. The fourth-order valence-corrected chi connectivity index (χ4v) is 4.97. The lowest BCUT2D eigenvalue weighted by molar-refractivity contribution is -0.162. The molecule has 8 nitrogen and oxygen atoms in total. The molecule has 3 amide bonds. The summed E-state index contributed by atoms with van der Waals surface area (Å²) in [6.07, 6.45) is 4.11. The maximum Gasteiger partial charge on any atom is 0.354 e. The molecule has 0 spiro atoms. The molecule has 3 heterocycles. The van der Waals surface area contributed by atoms with Gasteiger partial charge in [-0.25, -0.2) is 4.79 Å². The number of carbonyl (C=O) groups excluding carboxylic acids is 4. The van der Waals surface area contributed by atoms with Gasteiger partial charge >= 0.3 is 5.97 Å². The smallest absolute Gasteiger partial charge is 0.354 e. The van der Waals surface area contributed by atoms with Gasteiger partial charge in [0.05, 0.1) is 11.3 Å². The van der Waals surface area contributed by atoms with Gasteiger partial charge in [-0.3, -0.25) is 19.3 Å². The first-order valence-electron chi connectivity index (χ1n) is 10.6. The van der Waals surface area contributed by atoms with Gasteiger partial charge in [-0.15, -0.1) is 0 Å². The highest BCUT2D eigenvalue weighted by Crippen LogP contribution is 2.44. The van der Waals surface area contributed by atoms with Gasteiger partial charge in [0.15, 0.2) is 6.61 Å². The van der Waals surface area contributed by atoms with Crippen molar-refractivity contribution >= 4 is 29.4 Å². The van der Waals surface area contributed by atoms with Crippen LogP contribution in [0.5, 0.6) is 0 Å². The molecule has 160 valence electrons. The summed E-state index contributed by atoms with van der Waals surface area (Å²) in [5.74, 6) is -1.56. The summed E-state index contributed by atoms with van der Waals surface area (Å²) in [5, 5.41) is 0. The van der Waals surface area contributed by atoms with Crippen LogP contribution in [-0.4, -0.2) is 65.4 Å². The van der Waals surface area contributed by atoms with Crippen molar-refractivity contribution in [2.45, 2.75) is 57.2 Å². The highest BCUT2D eigenvalue weighted by Gasteiger charge is 2.60. The Kier molecular flexibility index (Phi) is 5.26. The summed E-state index contributed by atoms with van der Waals surface area (Å²) in [7, 11) is 1.50. The van der Waals surface area contributed by atoms with Crippen LogP contribution < -0.4 is 4.90 Å². The van der Waals surface area contributed by atoms with E-state index in [1.807, 2.05) is 6.92 Å². The minimum Gasteiger partial charge on any atom is -0.452 e. The van der Waals surface area contributed by atoms with Crippen LogP contribution in [0.4, 0.5) is 5.69 Å². The van der Waals surface area contributed by atoms with Gasteiger partial charge in [0.25, 0.3) is 11.8 Å². The molecule has 0 unspecified atom stereocenters. The number of ether oxygens (including phenoxy) is 1. The number of likely N-dealkylation sites (tertiary alicyclic amines) is 1. The summed E-state index contributed by atoms with van der Waals surface area (Å²) < 4.78 is 5.46. The maximum absolute atomic E-state index is 13.3. The molecule has 3 aliphatic heterocycles. The van der Waals surface area contributed by atoms with Crippen molar-refractivity contribution in [1.29, 1.82) is 0 Å². The Bertz CT molecular complexity index is 901. The molecule has 0 aliphatic carbocycles. The highest BCUT2D eigenvalue weighted by atomic mass is 16.5. The Balaban J connectivity index is 1.57. The van der Waals surface area contributed by atoms with Crippen LogP contribution in [0.3, 0.4) is 0 Å². The molecule has 0 radical (unpaired) electrons. The van der Waals surface area contributed by atoms with E-state index in [1.165, 1.54) is 16.8 Å². The van der Waals surface area contributed by atoms with Gasteiger partial charge in [0, 0.05) is 32.5 Å². The molecule has 0 N–H and O–H groups in total. The summed E-state index contributed by atoms with van der Waals surface area (Å²) in [5.41, 5.74) is -0.767. The molecule has 0 saturated carbocycles. The zero-order valence-electron chi connectivity index (χ0n) is 17.4. The largest absolute Gasteiger partial charge is 0.452 e. The maximum atomic E-state index is 13.3. The van der Waals surface area contributed by atoms with Crippen molar-refractivity contribution in [2.75, 3.05) is 25.1 Å². The van der Waals surface area contributed by atoms with Crippen molar-refractivity contribution in [3.05, 3.63) is 29.8 Å².